The van der Waals surface area contributed by atoms with E-state index in [2.05, 4.69) is 0 Å². The second-order valence-electron chi connectivity index (χ2n) is 4.06. The number of carbonyl (C=O) groups is 1. The first kappa shape index (κ1) is 12.2. The summed E-state index contributed by atoms with van der Waals surface area (Å²) in [6.07, 6.45) is 1.57. The number of ketones is 1. The van der Waals surface area contributed by atoms with Gasteiger partial charge in [0.05, 0.1) is 0 Å². The first-order valence-corrected chi connectivity index (χ1v) is 5.70. The molecule has 0 aliphatic carbocycles. The van der Waals surface area contributed by atoms with Gasteiger partial charge in [0.1, 0.15) is 5.82 Å². The molecule has 2 heteroatoms. The molecule has 1 nitrogen and oxygen atoms in total. The smallest absolute Gasteiger partial charge is 0.186 e. The van der Waals surface area contributed by atoms with Crippen molar-refractivity contribution in [2.24, 2.45) is 0 Å². The van der Waals surface area contributed by atoms with E-state index >= 15 is 0 Å². The Hall–Kier alpha value is -2.22. The van der Waals surface area contributed by atoms with Crippen molar-refractivity contribution in [1.82, 2.24) is 0 Å². The second-order valence-corrected chi connectivity index (χ2v) is 4.06. The third-order valence-electron chi connectivity index (χ3n) is 2.71. The maximum Gasteiger partial charge on any atom is 0.186 e. The molecular formula is C16H13FO. The van der Waals surface area contributed by atoms with Crippen molar-refractivity contribution in [3.05, 3.63) is 77.6 Å². The zero-order valence-electron chi connectivity index (χ0n) is 10.1. The minimum atomic E-state index is -0.338. The summed E-state index contributed by atoms with van der Waals surface area (Å²) in [5.74, 6) is -0.452. The van der Waals surface area contributed by atoms with E-state index in [1.165, 1.54) is 24.3 Å². The number of halogens is 1. The lowest BCUT2D eigenvalue weighted by Crippen LogP contribution is -1.95. The van der Waals surface area contributed by atoms with Gasteiger partial charge in [-0.3, -0.25) is 4.79 Å². The Balaban J connectivity index is 2.23. The average molecular weight is 240 g/mol. The molecule has 0 amide bonds. The van der Waals surface area contributed by atoms with Crippen LogP contribution in [0.1, 0.15) is 22.8 Å². The highest BCUT2D eigenvalue weighted by atomic mass is 19.1. The summed E-state index contributed by atoms with van der Waals surface area (Å²) in [5.41, 5.74) is 2.39. The second kappa shape index (κ2) is 5.41. The molecule has 0 heterocycles. The minimum Gasteiger partial charge on any atom is -0.289 e. The van der Waals surface area contributed by atoms with E-state index in [1.54, 1.807) is 6.08 Å². The Kier molecular flexibility index (Phi) is 3.68. The molecule has 18 heavy (non-hydrogen) atoms. The summed E-state index contributed by atoms with van der Waals surface area (Å²) < 4.78 is 12.8. The molecule has 0 saturated heterocycles. The summed E-state index contributed by atoms with van der Waals surface area (Å²) in [4.78, 5) is 11.9. The fourth-order valence-electron chi connectivity index (χ4n) is 1.68. The molecule has 0 unspecified atom stereocenters. The summed E-state index contributed by atoms with van der Waals surface area (Å²) in [5, 5.41) is 0. The van der Waals surface area contributed by atoms with Crippen molar-refractivity contribution in [2.45, 2.75) is 6.92 Å². The first-order chi connectivity index (χ1) is 8.66. The van der Waals surface area contributed by atoms with Gasteiger partial charge < -0.3 is 0 Å². The summed E-state index contributed by atoms with van der Waals surface area (Å²) in [7, 11) is 0. The average Bonchev–Trinajstić information content (AvgIpc) is 2.40. The Morgan fingerprint density at radius 2 is 1.56 bits per heavy atom. The minimum absolute atomic E-state index is 0.114. The van der Waals surface area contributed by atoms with E-state index in [0.717, 1.165) is 11.1 Å². The van der Waals surface area contributed by atoms with Gasteiger partial charge in [-0.25, -0.2) is 4.39 Å². The maximum absolute atomic E-state index is 12.8. The Labute approximate surface area is 106 Å². The molecule has 0 N–H and O–H groups in total. The van der Waals surface area contributed by atoms with Crippen molar-refractivity contribution in [3.8, 4) is 0 Å². The van der Waals surface area contributed by atoms with Crippen LogP contribution in [0.5, 0.6) is 0 Å². The molecule has 2 rings (SSSR count). The largest absolute Gasteiger partial charge is 0.289 e. The Morgan fingerprint density at radius 1 is 0.944 bits per heavy atom. The van der Waals surface area contributed by atoms with Crippen LogP contribution in [0.3, 0.4) is 0 Å². The molecule has 0 bridgehead atoms. The molecule has 2 aromatic rings. The maximum atomic E-state index is 12.8. The molecule has 90 valence electrons. The number of carbonyl (C=O) groups excluding carboxylic acids is 1. The number of benzene rings is 2. The van der Waals surface area contributed by atoms with Gasteiger partial charge in [0, 0.05) is 5.56 Å². The summed E-state index contributed by atoms with van der Waals surface area (Å²) in [6, 6.07) is 15.2. The quantitative estimate of drug-likeness (QED) is 0.582. The van der Waals surface area contributed by atoms with Crippen LogP contribution in [0.25, 0.3) is 5.57 Å². The van der Waals surface area contributed by atoms with Crippen LogP contribution < -0.4 is 0 Å². The van der Waals surface area contributed by atoms with E-state index < -0.39 is 0 Å². The van der Waals surface area contributed by atoms with Crippen LogP contribution in [0, 0.1) is 5.82 Å². The third-order valence-corrected chi connectivity index (χ3v) is 2.71. The SMILES string of the molecule is C/C(=C\C(=O)c1ccc(F)cc1)c1ccccc1. The summed E-state index contributed by atoms with van der Waals surface area (Å²) in [6.45, 7) is 1.89. The van der Waals surface area contributed by atoms with Crippen LogP contribution in [-0.4, -0.2) is 5.78 Å². The lowest BCUT2D eigenvalue weighted by molar-refractivity contribution is 0.104. The van der Waals surface area contributed by atoms with Gasteiger partial charge in [0.2, 0.25) is 0 Å². The van der Waals surface area contributed by atoms with Crippen LogP contribution in [-0.2, 0) is 0 Å². The molecule has 0 saturated carbocycles. The lowest BCUT2D eigenvalue weighted by atomic mass is 10.0. The first-order valence-electron chi connectivity index (χ1n) is 5.70. The summed E-state index contributed by atoms with van der Waals surface area (Å²) >= 11 is 0. The fourth-order valence-corrected chi connectivity index (χ4v) is 1.68. The highest BCUT2D eigenvalue weighted by Gasteiger charge is 2.04. The monoisotopic (exact) mass is 240 g/mol. The number of hydrogen-bond acceptors (Lipinski definition) is 1. The van der Waals surface area contributed by atoms with Gasteiger partial charge in [-0.05, 0) is 48.4 Å². The van der Waals surface area contributed by atoms with Crippen LogP contribution in [0.15, 0.2) is 60.7 Å². The molecule has 0 radical (unpaired) electrons. The third kappa shape index (κ3) is 2.92. The van der Waals surface area contributed by atoms with E-state index in [9.17, 15) is 9.18 Å². The van der Waals surface area contributed by atoms with E-state index in [-0.39, 0.29) is 11.6 Å². The Bertz CT molecular complexity index is 568. The molecule has 0 atom stereocenters. The number of allylic oxidation sites excluding steroid dienone is 2. The molecule has 0 fully saturated rings. The van der Waals surface area contributed by atoms with Crippen molar-refractivity contribution in [1.29, 1.82) is 0 Å². The molecule has 0 aliphatic rings. The van der Waals surface area contributed by atoms with Gasteiger partial charge >= 0.3 is 0 Å². The molecule has 0 aromatic heterocycles. The van der Waals surface area contributed by atoms with E-state index in [1.807, 2.05) is 37.3 Å². The zero-order chi connectivity index (χ0) is 13.0. The van der Waals surface area contributed by atoms with Gasteiger partial charge in [-0.1, -0.05) is 30.3 Å². The molecule has 0 spiro atoms. The van der Waals surface area contributed by atoms with E-state index in [0.29, 0.717) is 5.56 Å². The van der Waals surface area contributed by atoms with Crippen LogP contribution in [0.2, 0.25) is 0 Å². The number of hydrogen-bond donors (Lipinski definition) is 0. The molecule has 0 aliphatic heterocycles. The lowest BCUT2D eigenvalue weighted by Gasteiger charge is -2.01. The van der Waals surface area contributed by atoms with Gasteiger partial charge in [0.25, 0.3) is 0 Å². The normalized spacial score (nSPS) is 11.3. The van der Waals surface area contributed by atoms with Gasteiger partial charge in [-0.15, -0.1) is 0 Å². The fraction of sp³-hybridized carbons (Fsp3) is 0.0625. The van der Waals surface area contributed by atoms with Crippen molar-refractivity contribution in [3.63, 3.8) is 0 Å². The highest BCUT2D eigenvalue weighted by molar-refractivity contribution is 6.08. The van der Waals surface area contributed by atoms with E-state index in [4.69, 9.17) is 0 Å². The van der Waals surface area contributed by atoms with Crippen molar-refractivity contribution >= 4 is 11.4 Å². The number of rotatable bonds is 3. The van der Waals surface area contributed by atoms with Crippen molar-refractivity contribution in [2.75, 3.05) is 0 Å². The Morgan fingerprint density at radius 3 is 2.17 bits per heavy atom. The predicted octanol–water partition coefficient (Wildman–Crippen LogP) is 4.11. The molecular weight excluding hydrogens is 227 g/mol. The topological polar surface area (TPSA) is 17.1 Å². The van der Waals surface area contributed by atoms with Crippen LogP contribution >= 0.6 is 0 Å². The molecule has 2 aromatic carbocycles. The standard InChI is InChI=1S/C16H13FO/c1-12(13-5-3-2-4-6-13)11-16(18)14-7-9-15(17)10-8-14/h2-11H,1H3/b12-11+. The highest BCUT2D eigenvalue weighted by Crippen LogP contribution is 2.14. The van der Waals surface area contributed by atoms with Gasteiger partial charge in [0.15, 0.2) is 5.78 Å². The predicted molar refractivity (Wildman–Crippen MR) is 70.8 cm³/mol. The van der Waals surface area contributed by atoms with Crippen molar-refractivity contribution < 1.29 is 9.18 Å². The zero-order valence-corrected chi connectivity index (χ0v) is 10.1. The van der Waals surface area contributed by atoms with Gasteiger partial charge in [-0.2, -0.15) is 0 Å². The van der Waals surface area contributed by atoms with Crippen LogP contribution in [0.4, 0.5) is 4.39 Å².